The number of halogens is 1. The summed E-state index contributed by atoms with van der Waals surface area (Å²) >= 11 is 0. The van der Waals surface area contributed by atoms with Crippen molar-refractivity contribution in [3.05, 3.63) is 71.2 Å². The van der Waals surface area contributed by atoms with Crippen molar-refractivity contribution < 1.29 is 13.9 Å². The van der Waals surface area contributed by atoms with Crippen LogP contribution in [0.4, 0.5) is 4.39 Å². The van der Waals surface area contributed by atoms with Gasteiger partial charge in [0.1, 0.15) is 12.4 Å². The molecule has 0 bridgehead atoms. The zero-order valence-electron chi connectivity index (χ0n) is 16.2. The molecule has 2 aromatic carbocycles. The third kappa shape index (κ3) is 3.80. The maximum Gasteiger partial charge on any atom is 0.325 e. The molecule has 28 heavy (non-hydrogen) atoms. The summed E-state index contributed by atoms with van der Waals surface area (Å²) in [6.07, 6.45) is 1.84. The summed E-state index contributed by atoms with van der Waals surface area (Å²) in [5.74, 6) is -0.497. The molecule has 2 heterocycles. The van der Waals surface area contributed by atoms with E-state index in [0.717, 1.165) is 54.6 Å². The zero-order chi connectivity index (χ0) is 19.5. The summed E-state index contributed by atoms with van der Waals surface area (Å²) in [5.41, 5.74) is 4.50. The van der Waals surface area contributed by atoms with Crippen LogP contribution in [-0.4, -0.2) is 35.1 Å². The molecule has 1 aliphatic rings. The van der Waals surface area contributed by atoms with Gasteiger partial charge >= 0.3 is 5.97 Å². The molecule has 0 fully saturated rings. The minimum Gasteiger partial charge on any atom is -0.465 e. The first-order valence-electron chi connectivity index (χ1n) is 9.87. The van der Waals surface area contributed by atoms with Crippen LogP contribution in [0.5, 0.6) is 0 Å². The van der Waals surface area contributed by atoms with E-state index in [-0.39, 0.29) is 18.3 Å². The number of rotatable bonds is 6. The van der Waals surface area contributed by atoms with Gasteiger partial charge in [0.05, 0.1) is 6.61 Å². The number of aromatic nitrogens is 1. The van der Waals surface area contributed by atoms with Crippen LogP contribution in [-0.2, 0) is 35.5 Å². The molecular formula is C23H25FN2O2. The Balaban J connectivity index is 1.60. The predicted octanol–water partition coefficient (Wildman–Crippen LogP) is 3.94. The molecule has 146 valence electrons. The molecule has 0 saturated heterocycles. The van der Waals surface area contributed by atoms with E-state index in [4.69, 9.17) is 4.74 Å². The van der Waals surface area contributed by atoms with Gasteiger partial charge < -0.3 is 9.30 Å². The Labute approximate surface area is 164 Å². The van der Waals surface area contributed by atoms with Crippen molar-refractivity contribution in [1.29, 1.82) is 0 Å². The standard InChI is InChI=1S/C23H25FN2O2/c1-2-28-23(27)16-26-21-9-8-18(24)14-19(21)20-15-25(13-11-22(20)26)12-10-17-6-4-3-5-7-17/h3-9,14H,2,10-13,15-16H2,1H3. The molecule has 0 amide bonds. The molecule has 1 aromatic heterocycles. The van der Waals surface area contributed by atoms with E-state index >= 15 is 0 Å². The van der Waals surface area contributed by atoms with Gasteiger partial charge in [0, 0.05) is 42.7 Å². The Morgan fingerprint density at radius 1 is 1.18 bits per heavy atom. The molecule has 0 aliphatic carbocycles. The maximum absolute atomic E-state index is 14.0. The van der Waals surface area contributed by atoms with Gasteiger partial charge in [-0.15, -0.1) is 0 Å². The van der Waals surface area contributed by atoms with E-state index in [2.05, 4.69) is 29.2 Å². The minimum absolute atomic E-state index is 0.176. The van der Waals surface area contributed by atoms with E-state index in [0.29, 0.717) is 6.61 Å². The average Bonchev–Trinajstić information content (AvgIpc) is 3.00. The van der Waals surface area contributed by atoms with Gasteiger partial charge in [0.15, 0.2) is 0 Å². The third-order valence-corrected chi connectivity index (χ3v) is 5.45. The van der Waals surface area contributed by atoms with Crippen LogP contribution in [0.1, 0.15) is 23.7 Å². The Bertz CT molecular complexity index is 981. The monoisotopic (exact) mass is 380 g/mol. The predicted molar refractivity (Wildman–Crippen MR) is 108 cm³/mol. The lowest BCUT2D eigenvalue weighted by Gasteiger charge is -2.28. The number of benzene rings is 2. The number of esters is 1. The Morgan fingerprint density at radius 3 is 2.79 bits per heavy atom. The van der Waals surface area contributed by atoms with Gasteiger partial charge in [-0.3, -0.25) is 9.69 Å². The second-order valence-electron chi connectivity index (χ2n) is 7.24. The van der Waals surface area contributed by atoms with Crippen LogP contribution >= 0.6 is 0 Å². The number of hydrogen-bond donors (Lipinski definition) is 0. The van der Waals surface area contributed by atoms with Crippen LogP contribution in [0.2, 0.25) is 0 Å². The Kier molecular flexibility index (Phi) is 5.44. The molecule has 4 rings (SSSR count). The highest BCUT2D eigenvalue weighted by molar-refractivity contribution is 5.87. The van der Waals surface area contributed by atoms with Gasteiger partial charge in [-0.1, -0.05) is 30.3 Å². The summed E-state index contributed by atoms with van der Waals surface area (Å²) in [6.45, 7) is 5.02. The van der Waals surface area contributed by atoms with Crippen molar-refractivity contribution in [2.75, 3.05) is 19.7 Å². The van der Waals surface area contributed by atoms with Crippen molar-refractivity contribution in [2.24, 2.45) is 0 Å². The molecule has 1 aliphatic heterocycles. The molecule has 3 aromatic rings. The first kappa shape index (κ1) is 18.7. The van der Waals surface area contributed by atoms with Crippen molar-refractivity contribution in [3.63, 3.8) is 0 Å². The second-order valence-corrected chi connectivity index (χ2v) is 7.24. The van der Waals surface area contributed by atoms with Crippen molar-refractivity contribution in [1.82, 2.24) is 9.47 Å². The lowest BCUT2D eigenvalue weighted by atomic mass is 10.0. The fourth-order valence-electron chi connectivity index (χ4n) is 4.12. The molecule has 0 unspecified atom stereocenters. The quantitative estimate of drug-likeness (QED) is 0.608. The zero-order valence-corrected chi connectivity index (χ0v) is 16.2. The highest BCUT2D eigenvalue weighted by Crippen LogP contribution is 2.31. The van der Waals surface area contributed by atoms with Crippen molar-refractivity contribution in [3.8, 4) is 0 Å². The van der Waals surface area contributed by atoms with Gasteiger partial charge in [-0.25, -0.2) is 4.39 Å². The van der Waals surface area contributed by atoms with Crippen LogP contribution in [0, 0.1) is 5.82 Å². The van der Waals surface area contributed by atoms with E-state index < -0.39 is 0 Å². The summed E-state index contributed by atoms with van der Waals surface area (Å²) in [7, 11) is 0. The van der Waals surface area contributed by atoms with Gasteiger partial charge in [0.2, 0.25) is 0 Å². The highest BCUT2D eigenvalue weighted by atomic mass is 19.1. The molecule has 0 spiro atoms. The first-order chi connectivity index (χ1) is 13.7. The summed E-state index contributed by atoms with van der Waals surface area (Å²) in [6, 6.07) is 15.3. The molecule has 0 saturated carbocycles. The lowest BCUT2D eigenvalue weighted by molar-refractivity contribution is -0.143. The summed E-state index contributed by atoms with van der Waals surface area (Å²) in [5, 5.41) is 0.906. The normalized spacial score (nSPS) is 14.2. The molecular weight excluding hydrogens is 355 g/mol. The largest absolute Gasteiger partial charge is 0.465 e. The number of hydrogen-bond acceptors (Lipinski definition) is 3. The number of carbonyl (C=O) groups excluding carboxylic acids is 1. The van der Waals surface area contributed by atoms with Crippen LogP contribution < -0.4 is 0 Å². The number of nitrogens with zero attached hydrogens (tertiary/aromatic N) is 2. The fraction of sp³-hybridized carbons (Fsp3) is 0.348. The van der Waals surface area contributed by atoms with Crippen LogP contribution in [0.3, 0.4) is 0 Å². The second kappa shape index (κ2) is 8.15. The molecule has 0 radical (unpaired) electrons. The van der Waals surface area contributed by atoms with E-state index in [9.17, 15) is 9.18 Å². The lowest BCUT2D eigenvalue weighted by Crippen LogP contribution is -2.33. The van der Waals surface area contributed by atoms with Crippen molar-refractivity contribution in [2.45, 2.75) is 32.9 Å². The molecule has 4 nitrogen and oxygen atoms in total. The van der Waals surface area contributed by atoms with E-state index in [1.165, 1.54) is 11.6 Å². The fourth-order valence-corrected chi connectivity index (χ4v) is 4.12. The third-order valence-electron chi connectivity index (χ3n) is 5.45. The SMILES string of the molecule is CCOC(=O)Cn1c2c(c3cc(F)ccc31)CN(CCc1ccccc1)CC2. The molecule has 0 N–H and O–H groups in total. The highest BCUT2D eigenvalue weighted by Gasteiger charge is 2.25. The average molecular weight is 380 g/mol. The molecule has 0 atom stereocenters. The summed E-state index contributed by atoms with van der Waals surface area (Å²) < 4.78 is 21.1. The van der Waals surface area contributed by atoms with Crippen LogP contribution in [0.25, 0.3) is 10.9 Å². The first-order valence-corrected chi connectivity index (χ1v) is 9.87. The van der Waals surface area contributed by atoms with E-state index in [1.807, 2.05) is 10.6 Å². The Hall–Kier alpha value is -2.66. The molecule has 5 heteroatoms. The van der Waals surface area contributed by atoms with Crippen molar-refractivity contribution >= 4 is 16.9 Å². The van der Waals surface area contributed by atoms with Gasteiger partial charge in [-0.2, -0.15) is 0 Å². The number of ether oxygens (including phenoxy) is 1. The van der Waals surface area contributed by atoms with Crippen LogP contribution in [0.15, 0.2) is 48.5 Å². The maximum atomic E-state index is 14.0. The summed E-state index contributed by atoms with van der Waals surface area (Å²) in [4.78, 5) is 14.5. The topological polar surface area (TPSA) is 34.5 Å². The Morgan fingerprint density at radius 2 is 2.00 bits per heavy atom. The minimum atomic E-state index is -0.252. The van der Waals surface area contributed by atoms with Gasteiger partial charge in [-0.05, 0) is 42.7 Å². The van der Waals surface area contributed by atoms with Gasteiger partial charge in [0.25, 0.3) is 0 Å². The van der Waals surface area contributed by atoms with E-state index in [1.54, 1.807) is 19.1 Å². The number of fused-ring (bicyclic) bond motifs is 3. The number of carbonyl (C=O) groups is 1. The smallest absolute Gasteiger partial charge is 0.325 e.